The van der Waals surface area contributed by atoms with Gasteiger partial charge in [0.15, 0.2) is 0 Å². The molecule has 0 amide bonds. The first kappa shape index (κ1) is 33.3. The van der Waals surface area contributed by atoms with E-state index in [2.05, 4.69) is 13.8 Å². The highest BCUT2D eigenvalue weighted by atomic mass is 16.6. The zero-order chi connectivity index (χ0) is 31.1. The average molecular weight is 601 g/mol. The van der Waals surface area contributed by atoms with E-state index in [9.17, 15) is 9.59 Å². The maximum atomic E-state index is 12.7. The molecule has 4 rings (SSSR count). The fraction of sp³-hybridized carbons (Fsp3) is 0.474. The maximum absolute atomic E-state index is 12.7. The standard InChI is InChI=1S/C38H48O6/c1-4-6-8-9-10-11-12-13-27-41-33-23-19-30(20-24-33)29-15-17-31(18-16-29)38(40)43-34-25-21-32(22-26-34)37(39)42-28(3)36-35(44-36)14-7-5-2/h15-26,28,35-36H,4-14,27H2,1-3H3/t28-,35-,36-/m0/s1. The summed E-state index contributed by atoms with van der Waals surface area (Å²) in [5.41, 5.74) is 2.89. The quantitative estimate of drug-likeness (QED) is 0.0590. The molecule has 236 valence electrons. The van der Waals surface area contributed by atoms with Crippen LogP contribution in [0.3, 0.4) is 0 Å². The van der Waals surface area contributed by atoms with E-state index in [0.29, 0.717) is 16.9 Å². The summed E-state index contributed by atoms with van der Waals surface area (Å²) in [6.07, 6.45) is 13.3. The van der Waals surface area contributed by atoms with Crippen molar-refractivity contribution in [2.45, 2.75) is 110 Å². The van der Waals surface area contributed by atoms with Crippen molar-refractivity contribution < 1.29 is 28.5 Å². The molecule has 3 atom stereocenters. The molecule has 0 saturated carbocycles. The zero-order valence-electron chi connectivity index (χ0n) is 26.6. The summed E-state index contributed by atoms with van der Waals surface area (Å²) in [5, 5.41) is 0. The van der Waals surface area contributed by atoms with Crippen molar-refractivity contribution in [3.63, 3.8) is 0 Å². The highest BCUT2D eigenvalue weighted by Gasteiger charge is 2.44. The normalized spacial score (nSPS) is 16.2. The Morgan fingerprint density at radius 1 is 0.659 bits per heavy atom. The predicted molar refractivity (Wildman–Crippen MR) is 174 cm³/mol. The van der Waals surface area contributed by atoms with Crippen LogP contribution in [-0.4, -0.2) is 36.9 Å². The lowest BCUT2D eigenvalue weighted by Gasteiger charge is -2.11. The third-order valence-electron chi connectivity index (χ3n) is 8.09. The monoisotopic (exact) mass is 600 g/mol. The average Bonchev–Trinajstić information content (AvgIpc) is 3.83. The van der Waals surface area contributed by atoms with Gasteiger partial charge < -0.3 is 18.9 Å². The Labute approximate surface area is 263 Å². The van der Waals surface area contributed by atoms with Gasteiger partial charge in [0, 0.05) is 0 Å². The number of carbonyl (C=O) groups is 2. The lowest BCUT2D eigenvalue weighted by Crippen LogP contribution is -2.22. The van der Waals surface area contributed by atoms with Crippen molar-refractivity contribution in [1.29, 1.82) is 0 Å². The maximum Gasteiger partial charge on any atom is 0.343 e. The van der Waals surface area contributed by atoms with Gasteiger partial charge in [0.25, 0.3) is 0 Å². The molecule has 0 aromatic heterocycles. The third kappa shape index (κ3) is 10.5. The van der Waals surface area contributed by atoms with Gasteiger partial charge in [0.2, 0.25) is 0 Å². The molecule has 0 radical (unpaired) electrons. The molecule has 1 aliphatic rings. The molecule has 0 N–H and O–H groups in total. The summed E-state index contributed by atoms with van der Waals surface area (Å²) in [5.74, 6) is 0.350. The minimum absolute atomic E-state index is 0.0279. The summed E-state index contributed by atoms with van der Waals surface area (Å²) in [6, 6.07) is 21.8. The van der Waals surface area contributed by atoms with Gasteiger partial charge in [-0.25, -0.2) is 9.59 Å². The van der Waals surface area contributed by atoms with Gasteiger partial charge in [0.1, 0.15) is 23.7 Å². The highest BCUT2D eigenvalue weighted by molar-refractivity contribution is 5.92. The number of unbranched alkanes of at least 4 members (excludes halogenated alkanes) is 8. The molecule has 44 heavy (non-hydrogen) atoms. The second kappa shape index (κ2) is 17.6. The number of esters is 2. The van der Waals surface area contributed by atoms with Crippen molar-refractivity contribution >= 4 is 11.9 Å². The van der Waals surface area contributed by atoms with Crippen LogP contribution in [0.4, 0.5) is 0 Å². The molecule has 0 bridgehead atoms. The molecule has 0 unspecified atom stereocenters. The molecule has 1 heterocycles. The molecule has 3 aromatic rings. The van der Waals surface area contributed by atoms with Gasteiger partial charge in [-0.05, 0) is 79.4 Å². The number of hydrogen-bond donors (Lipinski definition) is 0. The van der Waals surface area contributed by atoms with Crippen molar-refractivity contribution in [3.8, 4) is 22.6 Å². The second-order valence-electron chi connectivity index (χ2n) is 11.7. The number of ether oxygens (including phenoxy) is 4. The van der Waals surface area contributed by atoms with Crippen LogP contribution >= 0.6 is 0 Å². The van der Waals surface area contributed by atoms with Gasteiger partial charge in [-0.1, -0.05) is 95.9 Å². The van der Waals surface area contributed by atoms with Crippen LogP contribution in [0.5, 0.6) is 11.5 Å². The van der Waals surface area contributed by atoms with Crippen molar-refractivity contribution in [1.82, 2.24) is 0 Å². The van der Waals surface area contributed by atoms with Crippen LogP contribution in [0.2, 0.25) is 0 Å². The van der Waals surface area contributed by atoms with Gasteiger partial charge in [0.05, 0.1) is 23.8 Å². The Morgan fingerprint density at radius 2 is 1.18 bits per heavy atom. The Kier molecular flexibility index (Phi) is 13.3. The predicted octanol–water partition coefficient (Wildman–Crippen LogP) is 9.60. The van der Waals surface area contributed by atoms with Crippen LogP contribution < -0.4 is 9.47 Å². The van der Waals surface area contributed by atoms with E-state index in [0.717, 1.165) is 49.2 Å². The molecule has 1 saturated heterocycles. The highest BCUT2D eigenvalue weighted by Crippen LogP contribution is 2.32. The minimum Gasteiger partial charge on any atom is -0.494 e. The Balaban J connectivity index is 1.18. The van der Waals surface area contributed by atoms with Crippen LogP contribution in [0.25, 0.3) is 11.1 Å². The first-order valence-corrected chi connectivity index (χ1v) is 16.5. The van der Waals surface area contributed by atoms with Crippen molar-refractivity contribution in [2.75, 3.05) is 6.61 Å². The third-order valence-corrected chi connectivity index (χ3v) is 8.09. The number of rotatable bonds is 19. The lowest BCUT2D eigenvalue weighted by atomic mass is 10.0. The molecule has 6 heteroatoms. The summed E-state index contributed by atoms with van der Waals surface area (Å²) >= 11 is 0. The minimum atomic E-state index is -0.464. The van der Waals surface area contributed by atoms with E-state index < -0.39 is 11.9 Å². The van der Waals surface area contributed by atoms with Gasteiger partial charge in [-0.2, -0.15) is 0 Å². The molecular weight excluding hydrogens is 552 g/mol. The van der Waals surface area contributed by atoms with Crippen molar-refractivity contribution in [2.24, 2.45) is 0 Å². The lowest BCUT2D eigenvalue weighted by molar-refractivity contribution is 0.0278. The van der Waals surface area contributed by atoms with E-state index in [1.807, 2.05) is 43.3 Å². The first-order valence-electron chi connectivity index (χ1n) is 16.5. The SMILES string of the molecule is CCCCCCCCCCOc1ccc(-c2ccc(C(=O)Oc3ccc(C(=O)O[C@@H](C)[C@@H]4O[C@H]4CCCC)cc3)cc2)cc1. The van der Waals surface area contributed by atoms with Gasteiger partial charge in [-0.3, -0.25) is 0 Å². The fourth-order valence-corrected chi connectivity index (χ4v) is 5.30. The fourth-order valence-electron chi connectivity index (χ4n) is 5.30. The molecule has 6 nitrogen and oxygen atoms in total. The number of benzene rings is 3. The van der Waals surface area contributed by atoms with E-state index >= 15 is 0 Å². The number of carbonyl (C=O) groups excluding carboxylic acids is 2. The molecule has 1 fully saturated rings. The molecule has 0 aliphatic carbocycles. The van der Waals surface area contributed by atoms with Crippen LogP contribution in [0.15, 0.2) is 72.8 Å². The van der Waals surface area contributed by atoms with E-state index in [-0.39, 0.29) is 18.3 Å². The second-order valence-corrected chi connectivity index (χ2v) is 11.7. The molecular formula is C38H48O6. The smallest absolute Gasteiger partial charge is 0.343 e. The van der Waals surface area contributed by atoms with Crippen LogP contribution in [0.1, 0.15) is 112 Å². The van der Waals surface area contributed by atoms with Gasteiger partial charge in [-0.15, -0.1) is 0 Å². The Bertz CT molecular complexity index is 1280. The van der Waals surface area contributed by atoms with Crippen molar-refractivity contribution in [3.05, 3.63) is 83.9 Å². The number of hydrogen-bond acceptors (Lipinski definition) is 6. The molecule has 3 aromatic carbocycles. The summed E-state index contributed by atoms with van der Waals surface area (Å²) < 4.78 is 22.7. The topological polar surface area (TPSA) is 74.4 Å². The Hall–Kier alpha value is -3.64. The van der Waals surface area contributed by atoms with Gasteiger partial charge >= 0.3 is 11.9 Å². The summed E-state index contributed by atoms with van der Waals surface area (Å²) in [6.45, 7) is 7.00. The zero-order valence-corrected chi connectivity index (χ0v) is 26.6. The van der Waals surface area contributed by atoms with Crippen LogP contribution in [0, 0.1) is 0 Å². The van der Waals surface area contributed by atoms with E-state index in [1.165, 1.54) is 44.9 Å². The summed E-state index contributed by atoms with van der Waals surface area (Å²) in [4.78, 5) is 25.3. The largest absolute Gasteiger partial charge is 0.494 e. The molecule has 0 spiro atoms. The van der Waals surface area contributed by atoms with E-state index in [1.54, 1.807) is 36.4 Å². The Morgan fingerprint density at radius 3 is 1.82 bits per heavy atom. The molecule has 1 aliphatic heterocycles. The van der Waals surface area contributed by atoms with E-state index in [4.69, 9.17) is 18.9 Å². The first-order chi connectivity index (χ1) is 21.5. The summed E-state index contributed by atoms with van der Waals surface area (Å²) in [7, 11) is 0. The number of epoxide rings is 1. The van der Waals surface area contributed by atoms with Crippen LogP contribution in [-0.2, 0) is 9.47 Å².